The first-order valence-corrected chi connectivity index (χ1v) is 5.74. The molecule has 1 heterocycles. The molecule has 1 aromatic carbocycles. The van der Waals surface area contributed by atoms with Crippen molar-refractivity contribution in [2.24, 2.45) is 0 Å². The molecule has 17 heavy (non-hydrogen) atoms. The molecule has 0 N–H and O–H groups in total. The van der Waals surface area contributed by atoms with Crippen molar-refractivity contribution in [2.45, 2.75) is 0 Å². The highest BCUT2D eigenvalue weighted by molar-refractivity contribution is 9.10. The van der Waals surface area contributed by atoms with E-state index in [0.29, 0.717) is 16.1 Å². The maximum atomic E-state index is 5.24. The van der Waals surface area contributed by atoms with Gasteiger partial charge >= 0.3 is 0 Å². The van der Waals surface area contributed by atoms with Crippen LogP contribution >= 0.6 is 15.9 Å². The van der Waals surface area contributed by atoms with Gasteiger partial charge in [-0.3, -0.25) is 4.98 Å². The Morgan fingerprint density at radius 1 is 1.00 bits per heavy atom. The second-order valence-corrected chi connectivity index (χ2v) is 4.11. The number of rotatable bonds is 3. The van der Waals surface area contributed by atoms with Crippen LogP contribution in [0.1, 0.15) is 0 Å². The highest BCUT2D eigenvalue weighted by Gasteiger charge is 2.07. The van der Waals surface area contributed by atoms with E-state index in [1.165, 1.54) is 0 Å². The van der Waals surface area contributed by atoms with Crippen molar-refractivity contribution in [3.8, 4) is 22.8 Å². The fraction of sp³-hybridized carbons (Fsp3) is 0.167. The summed E-state index contributed by atoms with van der Waals surface area (Å²) in [5.41, 5.74) is 1.72. The van der Waals surface area contributed by atoms with Crippen molar-refractivity contribution in [3.63, 3.8) is 0 Å². The summed E-state index contributed by atoms with van der Waals surface area (Å²) < 4.78 is 11.1. The zero-order valence-electron chi connectivity index (χ0n) is 9.48. The Morgan fingerprint density at radius 2 is 1.76 bits per heavy atom. The second-order valence-electron chi connectivity index (χ2n) is 3.29. The van der Waals surface area contributed by atoms with Gasteiger partial charge in [0.25, 0.3) is 0 Å². The summed E-state index contributed by atoms with van der Waals surface area (Å²) in [6.45, 7) is 0. The first-order valence-electron chi connectivity index (χ1n) is 4.94. The second kappa shape index (κ2) is 5.14. The number of benzene rings is 1. The van der Waals surface area contributed by atoms with Crippen LogP contribution in [0, 0.1) is 0 Å². The van der Waals surface area contributed by atoms with E-state index < -0.39 is 0 Å². The van der Waals surface area contributed by atoms with Gasteiger partial charge in [0.1, 0.15) is 4.60 Å². The number of methoxy groups -OCH3 is 2. The Labute approximate surface area is 108 Å². The summed E-state index contributed by atoms with van der Waals surface area (Å²) in [7, 11) is 3.21. The third-order valence-corrected chi connectivity index (χ3v) is 2.71. The van der Waals surface area contributed by atoms with Gasteiger partial charge in [0.15, 0.2) is 11.5 Å². The topological polar surface area (TPSA) is 44.2 Å². The van der Waals surface area contributed by atoms with Crippen LogP contribution in [0.25, 0.3) is 11.3 Å². The number of nitrogens with zero attached hydrogens (tertiary/aromatic N) is 2. The molecule has 5 heteroatoms. The van der Waals surface area contributed by atoms with Crippen LogP contribution < -0.4 is 9.47 Å². The first-order chi connectivity index (χ1) is 8.24. The molecule has 2 aromatic rings. The molecular weight excluding hydrogens is 284 g/mol. The number of ether oxygens (including phenoxy) is 2. The molecule has 0 aliphatic rings. The van der Waals surface area contributed by atoms with Gasteiger partial charge in [0.2, 0.25) is 0 Å². The van der Waals surface area contributed by atoms with E-state index in [9.17, 15) is 0 Å². The molecule has 0 radical (unpaired) electrons. The summed E-state index contributed by atoms with van der Waals surface area (Å²) in [4.78, 5) is 8.41. The molecule has 0 saturated carbocycles. The number of hydrogen-bond acceptors (Lipinski definition) is 4. The lowest BCUT2D eigenvalue weighted by molar-refractivity contribution is 0.355. The Morgan fingerprint density at radius 3 is 2.35 bits per heavy atom. The lowest BCUT2D eigenvalue weighted by Crippen LogP contribution is -1.92. The highest BCUT2D eigenvalue weighted by Crippen LogP contribution is 2.31. The normalized spacial score (nSPS) is 10.1. The fourth-order valence-electron chi connectivity index (χ4n) is 1.46. The number of hydrogen-bond donors (Lipinski definition) is 0. The Hall–Kier alpha value is -1.62. The molecule has 0 fully saturated rings. The Kier molecular flexibility index (Phi) is 3.58. The summed E-state index contributed by atoms with van der Waals surface area (Å²) >= 11 is 3.25. The standard InChI is InChI=1S/C12H11BrN2O2/c1-16-10-4-3-8(5-11(10)17-2)9-6-15-12(13)7-14-9/h3-7H,1-2H3. The third-order valence-electron chi connectivity index (χ3n) is 2.30. The Balaban J connectivity index is 2.42. The predicted octanol–water partition coefficient (Wildman–Crippen LogP) is 2.92. The zero-order chi connectivity index (χ0) is 12.3. The van der Waals surface area contributed by atoms with Gasteiger partial charge in [0, 0.05) is 5.56 Å². The van der Waals surface area contributed by atoms with Crippen molar-refractivity contribution in [1.29, 1.82) is 0 Å². The highest BCUT2D eigenvalue weighted by atomic mass is 79.9. The SMILES string of the molecule is COc1ccc(-c2cnc(Br)cn2)cc1OC. The molecule has 1 aromatic heterocycles. The average Bonchev–Trinajstić information content (AvgIpc) is 2.39. The predicted molar refractivity (Wildman–Crippen MR) is 68.3 cm³/mol. The van der Waals surface area contributed by atoms with Crippen LogP contribution in [0.15, 0.2) is 35.2 Å². The van der Waals surface area contributed by atoms with E-state index >= 15 is 0 Å². The van der Waals surface area contributed by atoms with Gasteiger partial charge in [-0.05, 0) is 34.1 Å². The smallest absolute Gasteiger partial charge is 0.161 e. The summed E-state index contributed by atoms with van der Waals surface area (Å²) in [6.07, 6.45) is 3.36. The van der Waals surface area contributed by atoms with Crippen LogP contribution in [0.5, 0.6) is 11.5 Å². The lowest BCUT2D eigenvalue weighted by Gasteiger charge is -2.09. The van der Waals surface area contributed by atoms with Crippen molar-refractivity contribution in [3.05, 3.63) is 35.2 Å². The summed E-state index contributed by atoms with van der Waals surface area (Å²) in [6, 6.07) is 5.63. The monoisotopic (exact) mass is 294 g/mol. The van der Waals surface area contributed by atoms with Gasteiger partial charge in [-0.2, -0.15) is 0 Å². The molecule has 0 saturated heterocycles. The maximum Gasteiger partial charge on any atom is 0.161 e. The minimum Gasteiger partial charge on any atom is -0.493 e. The molecular formula is C12H11BrN2O2. The molecule has 0 aliphatic carbocycles. The number of aromatic nitrogens is 2. The third kappa shape index (κ3) is 2.55. The molecule has 2 rings (SSSR count). The molecule has 0 amide bonds. The van der Waals surface area contributed by atoms with Crippen LogP contribution in [-0.2, 0) is 0 Å². The van der Waals surface area contributed by atoms with Crippen LogP contribution in [0.3, 0.4) is 0 Å². The van der Waals surface area contributed by atoms with Gasteiger partial charge in [-0.1, -0.05) is 0 Å². The van der Waals surface area contributed by atoms with Crippen molar-refractivity contribution < 1.29 is 9.47 Å². The van der Waals surface area contributed by atoms with Crippen LogP contribution in [-0.4, -0.2) is 24.2 Å². The fourth-order valence-corrected chi connectivity index (χ4v) is 1.66. The number of halogens is 1. The molecule has 4 nitrogen and oxygen atoms in total. The largest absolute Gasteiger partial charge is 0.493 e. The van der Waals surface area contributed by atoms with Crippen LogP contribution in [0.2, 0.25) is 0 Å². The molecule has 0 unspecified atom stereocenters. The van der Waals surface area contributed by atoms with Gasteiger partial charge in [-0.15, -0.1) is 0 Å². The maximum absolute atomic E-state index is 5.24. The minimum absolute atomic E-state index is 0.676. The van der Waals surface area contributed by atoms with Crippen molar-refractivity contribution in [1.82, 2.24) is 9.97 Å². The summed E-state index contributed by atoms with van der Waals surface area (Å²) in [5, 5.41) is 0. The molecule has 0 atom stereocenters. The van der Waals surface area contributed by atoms with Gasteiger partial charge < -0.3 is 9.47 Å². The van der Waals surface area contributed by atoms with E-state index in [1.807, 2.05) is 18.2 Å². The van der Waals surface area contributed by atoms with E-state index in [1.54, 1.807) is 26.6 Å². The van der Waals surface area contributed by atoms with Gasteiger partial charge in [-0.25, -0.2) is 4.98 Å². The quantitative estimate of drug-likeness (QED) is 0.873. The van der Waals surface area contributed by atoms with Crippen LogP contribution in [0.4, 0.5) is 0 Å². The zero-order valence-corrected chi connectivity index (χ0v) is 11.1. The molecule has 0 bridgehead atoms. The van der Waals surface area contributed by atoms with E-state index in [4.69, 9.17) is 9.47 Å². The first kappa shape index (κ1) is 11.9. The van der Waals surface area contributed by atoms with Gasteiger partial charge in [0.05, 0.1) is 32.3 Å². The van der Waals surface area contributed by atoms with E-state index in [0.717, 1.165) is 11.3 Å². The Bertz CT molecular complexity index is 514. The van der Waals surface area contributed by atoms with Crippen molar-refractivity contribution >= 4 is 15.9 Å². The van der Waals surface area contributed by atoms with E-state index in [2.05, 4.69) is 25.9 Å². The molecule has 0 spiro atoms. The molecule has 88 valence electrons. The minimum atomic E-state index is 0.676. The molecule has 0 aliphatic heterocycles. The lowest BCUT2D eigenvalue weighted by atomic mass is 10.1. The van der Waals surface area contributed by atoms with E-state index in [-0.39, 0.29) is 0 Å². The van der Waals surface area contributed by atoms with Crippen molar-refractivity contribution in [2.75, 3.05) is 14.2 Å². The average molecular weight is 295 g/mol. The summed E-state index contributed by atoms with van der Waals surface area (Å²) in [5.74, 6) is 1.37.